The van der Waals surface area contributed by atoms with Crippen molar-refractivity contribution in [2.24, 2.45) is 0 Å². The highest BCUT2D eigenvalue weighted by Gasteiger charge is 2.23. The maximum absolute atomic E-state index is 13.6. The van der Waals surface area contributed by atoms with Gasteiger partial charge in [-0.25, -0.2) is 0 Å². The standard InChI is InChI=1S/C28H33NO5/c1-6-20(2)29(28(30)23-15-24(31-3)17-25(16-23)32-4)18-22-12-13-26(33-5)27(14-22)34-19-21-10-8-7-9-11-21/h7-17,20H,6,18-19H2,1-5H3. The quantitative estimate of drug-likeness (QED) is 0.363. The molecular weight excluding hydrogens is 430 g/mol. The topological polar surface area (TPSA) is 57.2 Å². The minimum atomic E-state index is -0.0888. The zero-order valence-electron chi connectivity index (χ0n) is 20.5. The molecule has 0 fully saturated rings. The Hall–Kier alpha value is -3.67. The first-order chi connectivity index (χ1) is 16.5. The Morgan fingerprint density at radius 3 is 2.09 bits per heavy atom. The van der Waals surface area contributed by atoms with Crippen molar-refractivity contribution in [1.82, 2.24) is 4.90 Å². The summed E-state index contributed by atoms with van der Waals surface area (Å²) in [4.78, 5) is 15.4. The summed E-state index contributed by atoms with van der Waals surface area (Å²) in [5, 5.41) is 0. The van der Waals surface area contributed by atoms with E-state index >= 15 is 0 Å². The second kappa shape index (κ2) is 12.0. The van der Waals surface area contributed by atoms with Crippen LogP contribution in [0.15, 0.2) is 66.7 Å². The van der Waals surface area contributed by atoms with Gasteiger partial charge in [0.05, 0.1) is 21.3 Å². The Labute approximate surface area is 202 Å². The Morgan fingerprint density at radius 2 is 1.50 bits per heavy atom. The summed E-state index contributed by atoms with van der Waals surface area (Å²) in [7, 11) is 4.77. The summed E-state index contributed by atoms with van der Waals surface area (Å²) in [5.41, 5.74) is 2.54. The molecule has 3 aromatic rings. The Kier molecular flexibility index (Phi) is 8.79. The van der Waals surface area contributed by atoms with Gasteiger partial charge in [0.2, 0.25) is 0 Å². The molecule has 0 radical (unpaired) electrons. The van der Waals surface area contributed by atoms with Crippen molar-refractivity contribution in [1.29, 1.82) is 0 Å². The predicted octanol–water partition coefficient (Wildman–Crippen LogP) is 5.73. The van der Waals surface area contributed by atoms with E-state index in [1.807, 2.05) is 60.4 Å². The van der Waals surface area contributed by atoms with E-state index in [1.54, 1.807) is 39.5 Å². The number of amides is 1. The Balaban J connectivity index is 1.86. The summed E-state index contributed by atoms with van der Waals surface area (Å²) in [6.07, 6.45) is 0.820. The minimum absolute atomic E-state index is 0.0282. The summed E-state index contributed by atoms with van der Waals surface area (Å²) in [5.74, 6) is 2.36. The lowest BCUT2D eigenvalue weighted by Crippen LogP contribution is -2.37. The highest BCUT2D eigenvalue weighted by Crippen LogP contribution is 2.30. The van der Waals surface area contributed by atoms with Gasteiger partial charge >= 0.3 is 0 Å². The van der Waals surface area contributed by atoms with E-state index in [0.29, 0.717) is 41.7 Å². The van der Waals surface area contributed by atoms with Crippen molar-refractivity contribution in [3.05, 3.63) is 83.4 Å². The number of carbonyl (C=O) groups excluding carboxylic acids is 1. The van der Waals surface area contributed by atoms with Crippen LogP contribution in [0, 0.1) is 0 Å². The Morgan fingerprint density at radius 1 is 0.824 bits per heavy atom. The van der Waals surface area contributed by atoms with Gasteiger partial charge in [0.1, 0.15) is 18.1 Å². The molecule has 0 spiro atoms. The van der Waals surface area contributed by atoms with Crippen LogP contribution in [0.2, 0.25) is 0 Å². The average molecular weight is 464 g/mol. The number of nitrogens with zero attached hydrogens (tertiary/aromatic N) is 1. The van der Waals surface area contributed by atoms with Crippen LogP contribution < -0.4 is 18.9 Å². The molecule has 1 unspecified atom stereocenters. The summed E-state index contributed by atoms with van der Waals surface area (Å²) in [6, 6.07) is 21.0. The molecule has 0 bridgehead atoms. The van der Waals surface area contributed by atoms with Gasteiger partial charge in [0.25, 0.3) is 5.91 Å². The normalized spacial score (nSPS) is 11.4. The second-order valence-corrected chi connectivity index (χ2v) is 8.05. The minimum Gasteiger partial charge on any atom is -0.497 e. The molecule has 34 heavy (non-hydrogen) atoms. The van der Waals surface area contributed by atoms with Gasteiger partial charge in [-0.2, -0.15) is 0 Å². The molecule has 180 valence electrons. The third-order valence-corrected chi connectivity index (χ3v) is 5.80. The van der Waals surface area contributed by atoms with Crippen molar-refractivity contribution >= 4 is 5.91 Å². The molecule has 1 atom stereocenters. The van der Waals surface area contributed by atoms with Gasteiger partial charge in [-0.1, -0.05) is 43.3 Å². The molecule has 1 amide bonds. The third kappa shape index (κ3) is 6.22. The number of rotatable bonds is 11. The predicted molar refractivity (Wildman–Crippen MR) is 133 cm³/mol. The first-order valence-corrected chi connectivity index (χ1v) is 11.4. The molecule has 3 aromatic carbocycles. The van der Waals surface area contributed by atoms with Crippen molar-refractivity contribution < 1.29 is 23.7 Å². The number of benzene rings is 3. The number of methoxy groups -OCH3 is 3. The van der Waals surface area contributed by atoms with Crippen LogP contribution in [0.25, 0.3) is 0 Å². The highest BCUT2D eigenvalue weighted by atomic mass is 16.5. The van der Waals surface area contributed by atoms with Crippen molar-refractivity contribution in [3.8, 4) is 23.0 Å². The maximum Gasteiger partial charge on any atom is 0.254 e. The van der Waals surface area contributed by atoms with Gasteiger partial charge < -0.3 is 23.8 Å². The summed E-state index contributed by atoms with van der Waals surface area (Å²) in [6.45, 7) is 4.97. The lowest BCUT2D eigenvalue weighted by atomic mass is 10.1. The molecule has 0 aliphatic heterocycles. The van der Waals surface area contributed by atoms with Crippen LogP contribution in [0.3, 0.4) is 0 Å². The van der Waals surface area contributed by atoms with Crippen LogP contribution in [0.5, 0.6) is 23.0 Å². The first kappa shape index (κ1) is 25.0. The van der Waals surface area contributed by atoms with Gasteiger partial charge in [-0.05, 0) is 48.7 Å². The second-order valence-electron chi connectivity index (χ2n) is 8.05. The third-order valence-electron chi connectivity index (χ3n) is 5.80. The number of ether oxygens (including phenoxy) is 4. The van der Waals surface area contributed by atoms with Gasteiger partial charge in [-0.15, -0.1) is 0 Å². The molecule has 6 heteroatoms. The first-order valence-electron chi connectivity index (χ1n) is 11.4. The summed E-state index contributed by atoms with van der Waals surface area (Å²) < 4.78 is 22.3. The molecule has 0 aromatic heterocycles. The van der Waals surface area contributed by atoms with E-state index in [4.69, 9.17) is 18.9 Å². The van der Waals surface area contributed by atoms with Crippen molar-refractivity contribution in [3.63, 3.8) is 0 Å². The van der Waals surface area contributed by atoms with Crippen LogP contribution in [-0.2, 0) is 13.2 Å². The molecule has 0 aliphatic rings. The fourth-order valence-corrected chi connectivity index (χ4v) is 3.61. The fourth-order valence-electron chi connectivity index (χ4n) is 3.61. The molecular formula is C28H33NO5. The smallest absolute Gasteiger partial charge is 0.254 e. The average Bonchev–Trinajstić information content (AvgIpc) is 2.89. The zero-order chi connectivity index (χ0) is 24.5. The van der Waals surface area contributed by atoms with E-state index in [2.05, 4.69) is 6.92 Å². The lowest BCUT2D eigenvalue weighted by molar-refractivity contribution is 0.0670. The number of hydrogen-bond donors (Lipinski definition) is 0. The largest absolute Gasteiger partial charge is 0.497 e. The van der Waals surface area contributed by atoms with E-state index < -0.39 is 0 Å². The van der Waals surface area contributed by atoms with Gasteiger partial charge in [0.15, 0.2) is 11.5 Å². The molecule has 0 saturated carbocycles. The molecule has 6 nitrogen and oxygen atoms in total. The van der Waals surface area contributed by atoms with E-state index in [9.17, 15) is 4.79 Å². The molecule has 0 aliphatic carbocycles. The van der Waals surface area contributed by atoms with Gasteiger partial charge in [0, 0.05) is 24.2 Å². The van der Waals surface area contributed by atoms with Crippen molar-refractivity contribution in [2.45, 2.75) is 39.5 Å². The lowest BCUT2D eigenvalue weighted by Gasteiger charge is -2.29. The highest BCUT2D eigenvalue weighted by molar-refractivity contribution is 5.95. The molecule has 3 rings (SSSR count). The van der Waals surface area contributed by atoms with Crippen LogP contribution in [-0.4, -0.2) is 38.2 Å². The zero-order valence-corrected chi connectivity index (χ0v) is 20.5. The van der Waals surface area contributed by atoms with Crippen LogP contribution in [0.1, 0.15) is 41.8 Å². The SMILES string of the molecule is CCC(C)N(Cc1ccc(OC)c(OCc2ccccc2)c1)C(=O)c1cc(OC)cc(OC)c1. The van der Waals surface area contributed by atoms with E-state index in [0.717, 1.165) is 17.5 Å². The molecule has 0 N–H and O–H groups in total. The van der Waals surface area contributed by atoms with Crippen LogP contribution in [0.4, 0.5) is 0 Å². The molecule has 0 heterocycles. The Bertz CT molecular complexity index is 1060. The van der Waals surface area contributed by atoms with E-state index in [-0.39, 0.29) is 11.9 Å². The summed E-state index contributed by atoms with van der Waals surface area (Å²) >= 11 is 0. The molecule has 0 saturated heterocycles. The number of hydrogen-bond acceptors (Lipinski definition) is 5. The monoisotopic (exact) mass is 463 g/mol. The van der Waals surface area contributed by atoms with E-state index in [1.165, 1.54) is 0 Å². The van der Waals surface area contributed by atoms with Crippen molar-refractivity contribution in [2.75, 3.05) is 21.3 Å². The maximum atomic E-state index is 13.6. The number of carbonyl (C=O) groups is 1. The van der Waals surface area contributed by atoms with Crippen LogP contribution >= 0.6 is 0 Å². The van der Waals surface area contributed by atoms with Gasteiger partial charge in [-0.3, -0.25) is 4.79 Å². The fraction of sp³-hybridized carbons (Fsp3) is 0.321.